The van der Waals surface area contributed by atoms with E-state index in [1.54, 1.807) is 0 Å². The Morgan fingerprint density at radius 1 is 0.971 bits per heavy atom. The van der Waals surface area contributed by atoms with Crippen molar-refractivity contribution in [3.63, 3.8) is 0 Å². The minimum atomic E-state index is 0.771. The van der Waals surface area contributed by atoms with Crippen molar-refractivity contribution >= 4 is 16.7 Å². The van der Waals surface area contributed by atoms with Gasteiger partial charge < -0.3 is 19.1 Å². The fourth-order valence-electron chi connectivity index (χ4n) is 5.46. The van der Waals surface area contributed by atoms with Crippen molar-refractivity contribution < 1.29 is 9.26 Å². The van der Waals surface area contributed by atoms with Gasteiger partial charge >= 0.3 is 0 Å². The van der Waals surface area contributed by atoms with Gasteiger partial charge in [-0.25, -0.2) is 0 Å². The summed E-state index contributed by atoms with van der Waals surface area (Å²) in [5.74, 6) is 0.771. The van der Waals surface area contributed by atoms with Crippen molar-refractivity contribution in [1.29, 1.82) is 0 Å². The van der Waals surface area contributed by atoms with Crippen LogP contribution in [0, 0.1) is 5.92 Å². The predicted octanol–water partition coefficient (Wildman–Crippen LogP) is 4.57. The topological polar surface area (TPSA) is 45.0 Å². The van der Waals surface area contributed by atoms with Gasteiger partial charge in [0.05, 0.1) is 18.9 Å². The molecule has 182 valence electrons. The van der Waals surface area contributed by atoms with Crippen molar-refractivity contribution in [3.05, 3.63) is 59.3 Å². The summed E-state index contributed by atoms with van der Waals surface area (Å²) < 4.78 is 11.6. The van der Waals surface area contributed by atoms with E-state index in [0.29, 0.717) is 0 Å². The lowest BCUT2D eigenvalue weighted by molar-refractivity contribution is 0.122. The Morgan fingerprint density at radius 2 is 1.74 bits per heavy atom. The van der Waals surface area contributed by atoms with Gasteiger partial charge in [0.1, 0.15) is 0 Å². The van der Waals surface area contributed by atoms with Crippen molar-refractivity contribution in [2.75, 3.05) is 58.4 Å². The Bertz CT molecular complexity index is 1050. The number of morpholine rings is 1. The maximum Gasteiger partial charge on any atom is 0.173 e. The molecule has 1 aromatic heterocycles. The van der Waals surface area contributed by atoms with Crippen molar-refractivity contribution in [1.82, 2.24) is 15.0 Å². The Kier molecular flexibility index (Phi) is 7.48. The third-order valence-corrected chi connectivity index (χ3v) is 7.37. The van der Waals surface area contributed by atoms with Crippen molar-refractivity contribution in [2.24, 2.45) is 5.92 Å². The summed E-state index contributed by atoms with van der Waals surface area (Å²) in [4.78, 5) is 7.23. The minimum Gasteiger partial charge on any atom is -0.378 e. The number of nitrogens with zero attached hydrogens (tertiary/aromatic N) is 4. The molecule has 2 aliphatic rings. The van der Waals surface area contributed by atoms with E-state index in [1.807, 2.05) is 0 Å². The number of fused-ring (bicyclic) bond motifs is 1. The van der Waals surface area contributed by atoms with Crippen LogP contribution in [0.2, 0.25) is 0 Å². The lowest BCUT2D eigenvalue weighted by Crippen LogP contribution is -2.37. The van der Waals surface area contributed by atoms with Crippen LogP contribution in [0.4, 0.5) is 5.69 Å². The highest BCUT2D eigenvalue weighted by Crippen LogP contribution is 2.33. The fourth-order valence-corrected chi connectivity index (χ4v) is 5.46. The number of hydrogen-bond acceptors (Lipinski definition) is 6. The molecule has 2 aromatic carbocycles. The van der Waals surface area contributed by atoms with Gasteiger partial charge in [0.2, 0.25) is 0 Å². The summed E-state index contributed by atoms with van der Waals surface area (Å²) in [6.45, 7) is 7.71. The molecular weight excluding hydrogens is 424 g/mol. The van der Waals surface area contributed by atoms with Gasteiger partial charge in [-0.2, -0.15) is 0 Å². The molecule has 5 rings (SSSR count). The zero-order chi connectivity index (χ0) is 23.3. The molecule has 3 heterocycles. The first-order valence-corrected chi connectivity index (χ1v) is 12.8. The Hall–Kier alpha value is -2.41. The van der Waals surface area contributed by atoms with Gasteiger partial charge in [0, 0.05) is 42.8 Å². The van der Waals surface area contributed by atoms with Crippen LogP contribution in [0.1, 0.15) is 36.1 Å². The molecule has 0 atom stereocenters. The number of piperidine rings is 1. The lowest BCUT2D eigenvalue weighted by atomic mass is 9.91. The van der Waals surface area contributed by atoms with Crippen LogP contribution in [0.25, 0.3) is 11.0 Å². The molecule has 6 heteroatoms. The highest BCUT2D eigenvalue weighted by atomic mass is 16.5. The number of aromatic nitrogens is 1. The predicted molar refractivity (Wildman–Crippen MR) is 137 cm³/mol. The first-order valence-electron chi connectivity index (χ1n) is 12.8. The van der Waals surface area contributed by atoms with Gasteiger partial charge in [-0.15, -0.1) is 0 Å². The number of anilines is 1. The molecule has 3 aromatic rings. The van der Waals surface area contributed by atoms with E-state index in [2.05, 4.69) is 76.4 Å². The summed E-state index contributed by atoms with van der Waals surface area (Å²) >= 11 is 0. The molecule has 0 N–H and O–H groups in total. The van der Waals surface area contributed by atoms with Crippen LogP contribution in [-0.2, 0) is 24.2 Å². The highest BCUT2D eigenvalue weighted by Gasteiger charge is 2.23. The van der Waals surface area contributed by atoms with E-state index in [1.165, 1.54) is 54.6 Å². The number of rotatable bonds is 8. The molecule has 0 amide bonds. The van der Waals surface area contributed by atoms with E-state index in [0.717, 1.165) is 63.0 Å². The van der Waals surface area contributed by atoms with Crippen LogP contribution in [0.15, 0.2) is 47.0 Å². The fraction of sp³-hybridized carbons (Fsp3) is 0.536. The minimum absolute atomic E-state index is 0.771. The van der Waals surface area contributed by atoms with E-state index in [4.69, 9.17) is 9.26 Å². The second-order valence-corrected chi connectivity index (χ2v) is 10.2. The summed E-state index contributed by atoms with van der Waals surface area (Å²) in [6, 6.07) is 15.3. The Morgan fingerprint density at radius 3 is 2.47 bits per heavy atom. The summed E-state index contributed by atoms with van der Waals surface area (Å²) in [6.07, 6.45) is 4.73. The van der Waals surface area contributed by atoms with Crippen LogP contribution < -0.4 is 4.90 Å². The zero-order valence-corrected chi connectivity index (χ0v) is 20.7. The summed E-state index contributed by atoms with van der Waals surface area (Å²) in [5.41, 5.74) is 6.01. The van der Waals surface area contributed by atoms with Crippen LogP contribution in [0.3, 0.4) is 0 Å². The molecule has 0 bridgehead atoms. The van der Waals surface area contributed by atoms with E-state index < -0.39 is 0 Å². The smallest absolute Gasteiger partial charge is 0.173 e. The maximum atomic E-state index is 5.99. The molecule has 2 fully saturated rings. The third kappa shape index (κ3) is 5.45. The van der Waals surface area contributed by atoms with Gasteiger partial charge in [0.15, 0.2) is 5.58 Å². The number of hydrogen-bond donors (Lipinski definition) is 0. The molecule has 34 heavy (non-hydrogen) atoms. The lowest BCUT2D eigenvalue weighted by Gasteiger charge is -2.32. The average Bonchev–Trinajstić information content (AvgIpc) is 3.28. The Labute approximate surface area is 203 Å². The highest BCUT2D eigenvalue weighted by molar-refractivity contribution is 5.87. The molecule has 0 radical (unpaired) electrons. The quantitative estimate of drug-likeness (QED) is 0.489. The van der Waals surface area contributed by atoms with Gasteiger partial charge in [0.25, 0.3) is 0 Å². The SMILES string of the molecule is CN(C)Cc1c(N2CCOCC2)ccc2c(CCC3CCN(Cc4ccccc4)CC3)noc12. The molecule has 0 saturated carbocycles. The second kappa shape index (κ2) is 10.9. The first-order chi connectivity index (χ1) is 16.7. The van der Waals surface area contributed by atoms with Gasteiger partial charge in [-0.05, 0) is 76.5 Å². The van der Waals surface area contributed by atoms with E-state index >= 15 is 0 Å². The average molecular weight is 463 g/mol. The van der Waals surface area contributed by atoms with Crippen LogP contribution in [0.5, 0.6) is 0 Å². The van der Waals surface area contributed by atoms with Crippen LogP contribution >= 0.6 is 0 Å². The standard InChI is InChI=1S/C28H38N4O2/c1-30(2)21-25-27(32-16-18-33-19-17-32)11-9-24-26(29-34-28(24)25)10-8-22-12-14-31(15-13-22)20-23-6-4-3-5-7-23/h3-7,9,11,22H,8,10,12-21H2,1-2H3. The molecule has 2 aliphatic heterocycles. The second-order valence-electron chi connectivity index (χ2n) is 10.2. The zero-order valence-electron chi connectivity index (χ0n) is 20.7. The maximum absolute atomic E-state index is 5.99. The molecule has 0 unspecified atom stereocenters. The number of benzene rings is 2. The summed E-state index contributed by atoms with van der Waals surface area (Å²) in [7, 11) is 4.23. The number of ether oxygens (including phenoxy) is 1. The number of aryl methyl sites for hydroxylation is 1. The third-order valence-electron chi connectivity index (χ3n) is 7.37. The summed E-state index contributed by atoms with van der Waals surface area (Å²) in [5, 5.41) is 5.75. The van der Waals surface area contributed by atoms with E-state index in [9.17, 15) is 0 Å². The van der Waals surface area contributed by atoms with Crippen LogP contribution in [-0.4, -0.2) is 68.4 Å². The molecule has 2 saturated heterocycles. The normalized spacial score (nSPS) is 18.3. The largest absolute Gasteiger partial charge is 0.378 e. The molecule has 6 nitrogen and oxygen atoms in total. The van der Waals surface area contributed by atoms with Crippen molar-refractivity contribution in [3.8, 4) is 0 Å². The monoisotopic (exact) mass is 462 g/mol. The first kappa shape index (κ1) is 23.3. The molecular formula is C28H38N4O2. The van der Waals surface area contributed by atoms with Gasteiger partial charge in [-0.1, -0.05) is 35.5 Å². The molecule has 0 aliphatic carbocycles. The van der Waals surface area contributed by atoms with Crippen molar-refractivity contribution in [2.45, 2.75) is 38.8 Å². The Balaban J connectivity index is 1.23. The molecule has 0 spiro atoms. The number of likely N-dealkylation sites (tertiary alicyclic amines) is 1. The van der Waals surface area contributed by atoms with Gasteiger partial charge in [-0.3, -0.25) is 4.90 Å². The van der Waals surface area contributed by atoms with E-state index in [-0.39, 0.29) is 0 Å².